The monoisotopic (exact) mass is 342 g/mol. The first kappa shape index (κ1) is 16.0. The topological polar surface area (TPSA) is 76.5 Å². The van der Waals surface area contributed by atoms with Crippen molar-refractivity contribution in [2.75, 3.05) is 49.8 Å². The van der Waals surface area contributed by atoms with Gasteiger partial charge in [0.2, 0.25) is 5.88 Å². The lowest BCUT2D eigenvalue weighted by Gasteiger charge is -2.35. The number of nitrogens with zero attached hydrogens (tertiary/aromatic N) is 6. The van der Waals surface area contributed by atoms with E-state index in [1.165, 1.54) is 19.2 Å². The second-order valence-corrected chi connectivity index (χ2v) is 6.17. The Hall–Kier alpha value is -2.48. The van der Waals surface area contributed by atoms with E-state index in [0.29, 0.717) is 19.1 Å². The van der Waals surface area contributed by atoms with Crippen LogP contribution in [0.5, 0.6) is 5.88 Å². The Morgan fingerprint density at radius 2 is 2.00 bits per heavy atom. The minimum atomic E-state index is -0.0732. The fourth-order valence-electron chi connectivity index (χ4n) is 3.34. The molecule has 0 aliphatic carbocycles. The summed E-state index contributed by atoms with van der Waals surface area (Å²) in [5.41, 5.74) is 0. The first-order valence-corrected chi connectivity index (χ1v) is 8.63. The highest BCUT2D eigenvalue weighted by Gasteiger charge is 2.29. The summed E-state index contributed by atoms with van der Waals surface area (Å²) in [6.07, 6.45) is 5.79. The Morgan fingerprint density at radius 3 is 2.84 bits per heavy atom. The number of aromatic nitrogens is 4. The molecule has 4 heterocycles. The van der Waals surface area contributed by atoms with E-state index in [0.717, 1.165) is 37.1 Å². The molecule has 1 atom stereocenters. The molecular weight excluding hydrogens is 320 g/mol. The Balaban J connectivity index is 1.63. The lowest BCUT2D eigenvalue weighted by Crippen LogP contribution is -2.41. The van der Waals surface area contributed by atoms with Crippen molar-refractivity contribution < 1.29 is 9.47 Å². The van der Waals surface area contributed by atoms with Gasteiger partial charge in [0.05, 0.1) is 20.3 Å². The summed E-state index contributed by atoms with van der Waals surface area (Å²) in [6.45, 7) is 4.03. The van der Waals surface area contributed by atoms with Gasteiger partial charge >= 0.3 is 0 Å². The maximum Gasteiger partial charge on any atom is 0.218 e. The third kappa shape index (κ3) is 3.34. The highest BCUT2D eigenvalue weighted by Crippen LogP contribution is 2.29. The lowest BCUT2D eigenvalue weighted by atomic mass is 10.2. The van der Waals surface area contributed by atoms with Gasteiger partial charge < -0.3 is 19.3 Å². The van der Waals surface area contributed by atoms with Crippen LogP contribution in [0, 0.1) is 0 Å². The molecule has 0 aromatic carbocycles. The van der Waals surface area contributed by atoms with Crippen LogP contribution in [-0.2, 0) is 4.74 Å². The number of morpholine rings is 1. The molecule has 2 aromatic rings. The molecule has 0 spiro atoms. The number of hydrogen-bond donors (Lipinski definition) is 0. The van der Waals surface area contributed by atoms with Crippen molar-refractivity contribution in [2.24, 2.45) is 0 Å². The summed E-state index contributed by atoms with van der Waals surface area (Å²) in [7, 11) is 1.60. The average Bonchev–Trinajstić information content (AvgIpc) is 3.23. The summed E-state index contributed by atoms with van der Waals surface area (Å²) in [5, 5.41) is 0. The first-order chi connectivity index (χ1) is 12.3. The van der Waals surface area contributed by atoms with Gasteiger partial charge in [-0.1, -0.05) is 0 Å². The third-order valence-corrected chi connectivity index (χ3v) is 4.65. The summed E-state index contributed by atoms with van der Waals surface area (Å²) in [6, 6.07) is 3.75. The van der Waals surface area contributed by atoms with Gasteiger partial charge in [-0.3, -0.25) is 0 Å². The van der Waals surface area contributed by atoms with Crippen LogP contribution in [0.15, 0.2) is 24.7 Å². The van der Waals surface area contributed by atoms with Crippen LogP contribution in [0.25, 0.3) is 0 Å². The molecule has 8 nitrogen and oxygen atoms in total. The molecule has 0 N–H and O–H groups in total. The minimum Gasteiger partial charge on any atom is -0.481 e. The van der Waals surface area contributed by atoms with Crippen molar-refractivity contribution in [1.29, 1.82) is 0 Å². The zero-order chi connectivity index (χ0) is 17.1. The standard InChI is InChI=1S/C17H22N6O2/c1-24-16-10-15(19-12-20-16)23-8-9-25-11-13(23)17-18-5-4-14(21-17)22-6-2-3-7-22/h4-5,10,12-13H,2-3,6-9,11H2,1H3. The van der Waals surface area contributed by atoms with Gasteiger partial charge in [-0.2, -0.15) is 0 Å². The van der Waals surface area contributed by atoms with E-state index < -0.39 is 0 Å². The van der Waals surface area contributed by atoms with Crippen molar-refractivity contribution >= 4 is 11.6 Å². The van der Waals surface area contributed by atoms with Gasteiger partial charge in [0.25, 0.3) is 0 Å². The van der Waals surface area contributed by atoms with Crippen LogP contribution >= 0.6 is 0 Å². The quantitative estimate of drug-likeness (QED) is 0.826. The van der Waals surface area contributed by atoms with Crippen LogP contribution in [-0.4, -0.2) is 59.9 Å². The Kier molecular flexibility index (Phi) is 4.60. The molecule has 0 saturated carbocycles. The molecule has 8 heteroatoms. The molecule has 4 rings (SSSR count). The van der Waals surface area contributed by atoms with Crippen LogP contribution in [0.2, 0.25) is 0 Å². The average molecular weight is 342 g/mol. The van der Waals surface area contributed by atoms with E-state index in [1.54, 1.807) is 7.11 Å². The zero-order valence-electron chi connectivity index (χ0n) is 14.3. The van der Waals surface area contributed by atoms with E-state index in [-0.39, 0.29) is 6.04 Å². The number of methoxy groups -OCH3 is 1. The molecule has 0 amide bonds. The molecule has 132 valence electrons. The van der Waals surface area contributed by atoms with E-state index in [9.17, 15) is 0 Å². The van der Waals surface area contributed by atoms with Crippen molar-refractivity contribution in [3.63, 3.8) is 0 Å². The normalized spacial score (nSPS) is 20.8. The fraction of sp³-hybridized carbons (Fsp3) is 0.529. The van der Waals surface area contributed by atoms with Crippen LogP contribution < -0.4 is 14.5 Å². The van der Waals surface area contributed by atoms with Gasteiger partial charge in [0, 0.05) is 31.9 Å². The summed E-state index contributed by atoms with van der Waals surface area (Å²) in [4.78, 5) is 22.3. The van der Waals surface area contributed by atoms with E-state index in [1.807, 2.05) is 18.3 Å². The molecule has 2 saturated heterocycles. The highest BCUT2D eigenvalue weighted by molar-refractivity contribution is 5.45. The van der Waals surface area contributed by atoms with E-state index in [2.05, 4.69) is 24.8 Å². The van der Waals surface area contributed by atoms with E-state index in [4.69, 9.17) is 14.5 Å². The van der Waals surface area contributed by atoms with Crippen LogP contribution in [0.3, 0.4) is 0 Å². The number of hydrogen-bond acceptors (Lipinski definition) is 8. The van der Waals surface area contributed by atoms with Crippen molar-refractivity contribution in [3.05, 3.63) is 30.5 Å². The maximum atomic E-state index is 5.70. The first-order valence-electron chi connectivity index (χ1n) is 8.63. The Labute approximate surface area is 146 Å². The summed E-state index contributed by atoms with van der Waals surface area (Å²) < 4.78 is 10.9. The fourth-order valence-corrected chi connectivity index (χ4v) is 3.34. The van der Waals surface area contributed by atoms with Gasteiger partial charge in [-0.25, -0.2) is 19.9 Å². The number of rotatable bonds is 4. The second kappa shape index (κ2) is 7.18. The van der Waals surface area contributed by atoms with Crippen LogP contribution in [0.1, 0.15) is 24.7 Å². The van der Waals surface area contributed by atoms with Gasteiger partial charge in [0.1, 0.15) is 24.0 Å². The van der Waals surface area contributed by atoms with Crippen LogP contribution in [0.4, 0.5) is 11.6 Å². The van der Waals surface area contributed by atoms with Crippen molar-refractivity contribution in [1.82, 2.24) is 19.9 Å². The predicted molar refractivity (Wildman–Crippen MR) is 93.0 cm³/mol. The van der Waals surface area contributed by atoms with E-state index >= 15 is 0 Å². The Bertz CT molecular complexity index is 722. The molecule has 2 aliphatic heterocycles. The SMILES string of the molecule is COc1cc(N2CCOCC2c2nccc(N3CCCC3)n2)ncn1. The lowest BCUT2D eigenvalue weighted by molar-refractivity contribution is 0.0913. The van der Waals surface area contributed by atoms with Gasteiger partial charge in [0.15, 0.2) is 5.82 Å². The molecule has 0 bridgehead atoms. The smallest absolute Gasteiger partial charge is 0.218 e. The maximum absolute atomic E-state index is 5.70. The van der Waals surface area contributed by atoms with Gasteiger partial charge in [-0.15, -0.1) is 0 Å². The largest absolute Gasteiger partial charge is 0.481 e. The third-order valence-electron chi connectivity index (χ3n) is 4.65. The summed E-state index contributed by atoms with van der Waals surface area (Å²) in [5.74, 6) is 3.10. The number of anilines is 2. The predicted octanol–water partition coefficient (Wildman–Crippen LogP) is 1.45. The molecular formula is C17H22N6O2. The van der Waals surface area contributed by atoms with Crippen molar-refractivity contribution in [2.45, 2.75) is 18.9 Å². The molecule has 2 aliphatic rings. The Morgan fingerprint density at radius 1 is 1.12 bits per heavy atom. The van der Waals surface area contributed by atoms with Crippen molar-refractivity contribution in [3.8, 4) is 5.88 Å². The minimum absolute atomic E-state index is 0.0732. The molecule has 0 radical (unpaired) electrons. The number of ether oxygens (including phenoxy) is 2. The molecule has 2 fully saturated rings. The summed E-state index contributed by atoms with van der Waals surface area (Å²) >= 11 is 0. The van der Waals surface area contributed by atoms with Gasteiger partial charge in [-0.05, 0) is 18.9 Å². The zero-order valence-corrected chi connectivity index (χ0v) is 14.3. The molecule has 1 unspecified atom stereocenters. The molecule has 25 heavy (non-hydrogen) atoms. The highest BCUT2D eigenvalue weighted by atomic mass is 16.5. The second-order valence-electron chi connectivity index (χ2n) is 6.17. The molecule has 2 aromatic heterocycles.